The highest BCUT2D eigenvalue weighted by Crippen LogP contribution is 2.32. The van der Waals surface area contributed by atoms with Gasteiger partial charge in [-0.3, -0.25) is 4.79 Å². The third kappa shape index (κ3) is 4.05. The van der Waals surface area contributed by atoms with Crippen molar-refractivity contribution in [3.63, 3.8) is 0 Å². The standard InChI is InChI=1S/C13H21N3O4S/c1-3-20-12(17)9(14)8-10-11(18-2)15-13(21-10)16-4-6-19-7-5-16/h9H,3-8,14H2,1-2H3. The first-order valence-electron chi connectivity index (χ1n) is 6.94. The summed E-state index contributed by atoms with van der Waals surface area (Å²) in [5, 5.41) is 0.876. The number of ether oxygens (including phenoxy) is 3. The molecule has 2 heterocycles. The molecule has 0 aliphatic carbocycles. The lowest BCUT2D eigenvalue weighted by atomic mass is 10.2. The fourth-order valence-electron chi connectivity index (χ4n) is 2.04. The maximum Gasteiger partial charge on any atom is 0.323 e. The summed E-state index contributed by atoms with van der Waals surface area (Å²) >= 11 is 1.50. The third-order valence-corrected chi connectivity index (χ3v) is 4.24. The minimum atomic E-state index is -0.697. The van der Waals surface area contributed by atoms with E-state index >= 15 is 0 Å². The number of carbonyl (C=O) groups excluding carboxylic acids is 1. The first-order chi connectivity index (χ1) is 10.2. The van der Waals surface area contributed by atoms with E-state index in [0.29, 0.717) is 32.1 Å². The van der Waals surface area contributed by atoms with Crippen LogP contribution in [0.15, 0.2) is 0 Å². The van der Waals surface area contributed by atoms with Crippen LogP contribution >= 0.6 is 11.3 Å². The zero-order valence-corrected chi connectivity index (χ0v) is 13.1. The number of anilines is 1. The summed E-state index contributed by atoms with van der Waals surface area (Å²) in [7, 11) is 1.57. The van der Waals surface area contributed by atoms with E-state index in [2.05, 4.69) is 9.88 Å². The molecule has 0 aromatic carbocycles. The lowest BCUT2D eigenvalue weighted by Gasteiger charge is -2.25. The van der Waals surface area contributed by atoms with Crippen molar-refractivity contribution in [1.29, 1.82) is 0 Å². The van der Waals surface area contributed by atoms with Gasteiger partial charge in [-0.1, -0.05) is 11.3 Å². The van der Waals surface area contributed by atoms with Crippen molar-refractivity contribution in [1.82, 2.24) is 4.98 Å². The van der Waals surface area contributed by atoms with Crippen LogP contribution in [0.2, 0.25) is 0 Å². The molecule has 2 N–H and O–H groups in total. The lowest BCUT2D eigenvalue weighted by Crippen LogP contribution is -2.36. The van der Waals surface area contributed by atoms with E-state index in [1.807, 2.05) is 0 Å². The Hall–Kier alpha value is -1.38. The maximum atomic E-state index is 11.6. The van der Waals surface area contributed by atoms with Crippen molar-refractivity contribution in [2.24, 2.45) is 5.73 Å². The highest BCUT2D eigenvalue weighted by molar-refractivity contribution is 7.15. The molecule has 0 saturated carbocycles. The lowest BCUT2D eigenvalue weighted by molar-refractivity contribution is -0.144. The molecule has 1 fully saturated rings. The summed E-state index contributed by atoms with van der Waals surface area (Å²) in [6.45, 7) is 5.08. The van der Waals surface area contributed by atoms with Crippen LogP contribution in [-0.2, 0) is 20.7 Å². The van der Waals surface area contributed by atoms with Crippen LogP contribution in [0.25, 0.3) is 0 Å². The van der Waals surface area contributed by atoms with Crippen molar-refractivity contribution in [2.75, 3.05) is 44.9 Å². The van der Waals surface area contributed by atoms with E-state index in [9.17, 15) is 4.79 Å². The van der Waals surface area contributed by atoms with Gasteiger partial charge < -0.3 is 24.8 Å². The van der Waals surface area contributed by atoms with Crippen LogP contribution in [-0.4, -0.2) is 57.0 Å². The number of aromatic nitrogens is 1. The van der Waals surface area contributed by atoms with E-state index in [0.717, 1.165) is 23.1 Å². The Morgan fingerprint density at radius 3 is 2.86 bits per heavy atom. The van der Waals surface area contributed by atoms with Crippen LogP contribution in [0.3, 0.4) is 0 Å². The number of methoxy groups -OCH3 is 1. The SMILES string of the molecule is CCOC(=O)C(N)Cc1sc(N2CCOCC2)nc1OC. The number of rotatable bonds is 6. The number of carbonyl (C=O) groups is 1. The number of thiazole rings is 1. The zero-order valence-electron chi connectivity index (χ0n) is 12.3. The van der Waals surface area contributed by atoms with E-state index in [1.165, 1.54) is 11.3 Å². The first kappa shape index (κ1) is 16.0. The molecule has 2 rings (SSSR count). The molecule has 21 heavy (non-hydrogen) atoms. The molecule has 0 bridgehead atoms. The van der Waals surface area contributed by atoms with Gasteiger partial charge >= 0.3 is 5.97 Å². The average Bonchev–Trinajstić information content (AvgIpc) is 2.91. The van der Waals surface area contributed by atoms with E-state index in [1.54, 1.807) is 14.0 Å². The Labute approximate surface area is 128 Å². The molecule has 8 heteroatoms. The van der Waals surface area contributed by atoms with Crippen LogP contribution in [0.5, 0.6) is 5.88 Å². The largest absolute Gasteiger partial charge is 0.480 e. The first-order valence-corrected chi connectivity index (χ1v) is 7.76. The van der Waals surface area contributed by atoms with Gasteiger partial charge in [-0.25, -0.2) is 0 Å². The van der Waals surface area contributed by atoms with Crippen molar-refractivity contribution in [3.05, 3.63) is 4.88 Å². The summed E-state index contributed by atoms with van der Waals surface area (Å²) in [6.07, 6.45) is 0.365. The highest BCUT2D eigenvalue weighted by Gasteiger charge is 2.23. The second kappa shape index (κ2) is 7.58. The molecule has 7 nitrogen and oxygen atoms in total. The number of hydrogen-bond acceptors (Lipinski definition) is 8. The van der Waals surface area contributed by atoms with Gasteiger partial charge in [-0.2, -0.15) is 4.98 Å². The van der Waals surface area contributed by atoms with Crippen LogP contribution in [0.4, 0.5) is 5.13 Å². The Bertz CT molecular complexity index is 474. The normalized spacial score (nSPS) is 16.6. The summed E-state index contributed by atoms with van der Waals surface area (Å²) in [5.41, 5.74) is 5.86. The molecule has 1 unspecified atom stereocenters. The molecule has 1 saturated heterocycles. The Morgan fingerprint density at radius 2 is 2.24 bits per heavy atom. The summed E-state index contributed by atoms with van der Waals surface area (Å²) in [5.74, 6) is 0.127. The van der Waals surface area contributed by atoms with Gasteiger partial charge in [-0.15, -0.1) is 0 Å². The van der Waals surface area contributed by atoms with Crippen LogP contribution in [0, 0.1) is 0 Å². The molecule has 1 aliphatic heterocycles. The van der Waals surface area contributed by atoms with Gasteiger partial charge in [0.2, 0.25) is 5.88 Å². The Morgan fingerprint density at radius 1 is 1.52 bits per heavy atom. The highest BCUT2D eigenvalue weighted by atomic mass is 32.1. The van der Waals surface area contributed by atoms with Gasteiger partial charge in [0.25, 0.3) is 0 Å². The second-order valence-corrected chi connectivity index (χ2v) is 5.65. The van der Waals surface area contributed by atoms with Gasteiger partial charge in [-0.05, 0) is 6.92 Å². The topological polar surface area (TPSA) is 86.9 Å². The molecular weight excluding hydrogens is 294 g/mol. The smallest absolute Gasteiger partial charge is 0.323 e. The van der Waals surface area contributed by atoms with Gasteiger partial charge in [0, 0.05) is 19.5 Å². The fourth-order valence-corrected chi connectivity index (χ4v) is 3.18. The summed E-state index contributed by atoms with van der Waals surface area (Å²) < 4.78 is 15.5. The van der Waals surface area contributed by atoms with E-state index in [4.69, 9.17) is 19.9 Å². The second-order valence-electron chi connectivity index (χ2n) is 4.59. The molecule has 0 spiro atoms. The number of nitrogens with two attached hydrogens (primary N) is 1. The Kier molecular flexibility index (Phi) is 5.77. The van der Waals surface area contributed by atoms with Crippen LogP contribution < -0.4 is 15.4 Å². The molecule has 0 radical (unpaired) electrons. The van der Waals surface area contributed by atoms with E-state index in [-0.39, 0.29) is 0 Å². The molecule has 1 aromatic heterocycles. The quantitative estimate of drug-likeness (QED) is 0.761. The molecular formula is C13H21N3O4S. The number of nitrogens with zero attached hydrogens (tertiary/aromatic N) is 2. The van der Waals surface area contributed by atoms with Gasteiger partial charge in [0.15, 0.2) is 5.13 Å². The average molecular weight is 315 g/mol. The molecule has 1 aliphatic rings. The third-order valence-electron chi connectivity index (χ3n) is 3.12. The maximum absolute atomic E-state index is 11.6. The van der Waals surface area contributed by atoms with Crippen molar-refractivity contribution in [2.45, 2.75) is 19.4 Å². The van der Waals surface area contributed by atoms with Gasteiger partial charge in [0.1, 0.15) is 6.04 Å². The van der Waals surface area contributed by atoms with Crippen molar-refractivity contribution in [3.8, 4) is 5.88 Å². The molecule has 0 amide bonds. The van der Waals surface area contributed by atoms with Gasteiger partial charge in [0.05, 0.1) is 31.8 Å². The number of esters is 1. The Balaban J connectivity index is 2.07. The summed E-state index contributed by atoms with van der Waals surface area (Å²) in [4.78, 5) is 19.1. The predicted octanol–water partition coefficient (Wildman–Crippen LogP) is 0.421. The zero-order chi connectivity index (χ0) is 15.2. The van der Waals surface area contributed by atoms with E-state index < -0.39 is 12.0 Å². The number of hydrogen-bond donors (Lipinski definition) is 1. The molecule has 118 valence electrons. The number of morpholine rings is 1. The fraction of sp³-hybridized carbons (Fsp3) is 0.692. The summed E-state index contributed by atoms with van der Waals surface area (Å²) in [6, 6.07) is -0.697. The van der Waals surface area contributed by atoms with Crippen molar-refractivity contribution >= 4 is 22.4 Å². The minimum Gasteiger partial charge on any atom is -0.480 e. The minimum absolute atomic E-state index is 0.325. The van der Waals surface area contributed by atoms with Crippen molar-refractivity contribution < 1.29 is 19.0 Å². The molecule has 1 atom stereocenters. The monoisotopic (exact) mass is 315 g/mol. The van der Waals surface area contributed by atoms with Crippen LogP contribution in [0.1, 0.15) is 11.8 Å². The molecule has 1 aromatic rings. The predicted molar refractivity (Wildman–Crippen MR) is 80.0 cm³/mol.